The molecule has 1 aliphatic rings. The average Bonchev–Trinajstić information content (AvgIpc) is 2.76. The number of amides is 1. The lowest BCUT2D eigenvalue weighted by molar-refractivity contribution is -0.141. The van der Waals surface area contributed by atoms with Crippen molar-refractivity contribution < 1.29 is 19.1 Å². The molecule has 6 nitrogen and oxygen atoms in total. The number of anilines is 1. The Bertz CT molecular complexity index is 865. The third-order valence-electron chi connectivity index (χ3n) is 5.67. The summed E-state index contributed by atoms with van der Waals surface area (Å²) in [6.45, 7) is 8.58. The second kappa shape index (κ2) is 10.1. The van der Waals surface area contributed by atoms with E-state index in [2.05, 4.69) is 30.1 Å². The number of alkyl carbamates (subject to hydrolysis) is 1. The number of esters is 1. The average molecular weight is 411 g/mol. The number of carbonyl (C=O) groups is 2. The van der Waals surface area contributed by atoms with Gasteiger partial charge in [-0.05, 0) is 43.4 Å². The molecule has 0 bridgehead atoms. The van der Waals surface area contributed by atoms with Gasteiger partial charge in [0.15, 0.2) is 0 Å². The third-order valence-corrected chi connectivity index (χ3v) is 5.67. The number of ether oxygens (including phenoxy) is 2. The van der Waals surface area contributed by atoms with Crippen molar-refractivity contribution >= 4 is 17.7 Å². The number of rotatable bonds is 8. The highest BCUT2D eigenvalue weighted by atomic mass is 16.6. The van der Waals surface area contributed by atoms with Crippen LogP contribution in [0.1, 0.15) is 44.2 Å². The van der Waals surface area contributed by atoms with Gasteiger partial charge in [-0.1, -0.05) is 43.3 Å². The first kappa shape index (κ1) is 21.7. The van der Waals surface area contributed by atoms with Crippen LogP contribution in [0.2, 0.25) is 0 Å². The maximum absolute atomic E-state index is 12.6. The lowest BCUT2D eigenvalue weighted by atomic mass is 9.83. The van der Waals surface area contributed by atoms with Crippen molar-refractivity contribution in [3.8, 4) is 5.75 Å². The number of hydrogen-bond donors (Lipinski definition) is 1. The van der Waals surface area contributed by atoms with Gasteiger partial charge in [0.1, 0.15) is 5.75 Å². The minimum atomic E-state index is -0.486. The zero-order valence-corrected chi connectivity index (χ0v) is 17.9. The predicted molar refractivity (Wildman–Crippen MR) is 117 cm³/mol. The maximum atomic E-state index is 12.6. The first-order chi connectivity index (χ1) is 14.5. The Morgan fingerprint density at radius 3 is 2.57 bits per heavy atom. The molecule has 0 aromatic heterocycles. The minimum absolute atomic E-state index is 0.00276. The highest BCUT2D eigenvalue weighted by molar-refractivity contribution is 5.80. The Morgan fingerprint density at radius 1 is 1.13 bits per heavy atom. The minimum Gasteiger partial charge on any atom is -0.450 e. The fourth-order valence-corrected chi connectivity index (χ4v) is 3.85. The molecule has 0 fully saturated rings. The molecule has 6 heteroatoms. The molecular weight excluding hydrogens is 380 g/mol. The van der Waals surface area contributed by atoms with E-state index in [0.29, 0.717) is 18.7 Å². The fourth-order valence-electron chi connectivity index (χ4n) is 3.85. The SMILES string of the molecule is CCN(CC)c1ccc2c(c1)OC(=O)C(CCOC(=O)NCc1ccccc1)C2C. The highest BCUT2D eigenvalue weighted by Crippen LogP contribution is 2.40. The Labute approximate surface area is 178 Å². The van der Waals surface area contributed by atoms with Gasteiger partial charge >= 0.3 is 12.1 Å². The van der Waals surface area contributed by atoms with Gasteiger partial charge in [0.25, 0.3) is 0 Å². The molecule has 2 aromatic rings. The quantitative estimate of drug-likeness (QED) is 0.513. The number of nitrogens with zero attached hydrogens (tertiary/aromatic N) is 1. The van der Waals surface area contributed by atoms with Gasteiger partial charge in [-0.3, -0.25) is 4.79 Å². The van der Waals surface area contributed by atoms with Crippen LogP contribution in [0.25, 0.3) is 0 Å². The Kier molecular flexibility index (Phi) is 7.33. The van der Waals surface area contributed by atoms with Gasteiger partial charge in [0.05, 0.1) is 12.5 Å². The molecule has 1 amide bonds. The summed E-state index contributed by atoms with van der Waals surface area (Å²) in [6, 6.07) is 15.7. The van der Waals surface area contributed by atoms with Crippen molar-refractivity contribution in [1.82, 2.24) is 5.32 Å². The Hall–Kier alpha value is -3.02. The standard InChI is InChI=1S/C24H30N2O4/c1-4-26(5-2)19-11-12-20-17(3)21(23(27)30-22(20)15-19)13-14-29-24(28)25-16-18-9-7-6-8-10-18/h6-12,15,17,21H,4-5,13-14,16H2,1-3H3,(H,25,28). The van der Waals surface area contributed by atoms with Gasteiger partial charge in [0.2, 0.25) is 0 Å². The molecule has 3 rings (SSSR count). The van der Waals surface area contributed by atoms with Crippen molar-refractivity contribution in [2.24, 2.45) is 5.92 Å². The van der Waals surface area contributed by atoms with Crippen molar-refractivity contribution in [2.45, 2.75) is 39.7 Å². The van der Waals surface area contributed by atoms with E-state index in [4.69, 9.17) is 9.47 Å². The van der Waals surface area contributed by atoms with E-state index in [1.54, 1.807) is 0 Å². The van der Waals surface area contributed by atoms with Gasteiger partial charge in [0, 0.05) is 31.4 Å². The van der Waals surface area contributed by atoms with Crippen LogP contribution in [0.3, 0.4) is 0 Å². The monoisotopic (exact) mass is 410 g/mol. The van der Waals surface area contributed by atoms with Crippen molar-refractivity contribution in [3.05, 3.63) is 59.7 Å². The molecule has 2 atom stereocenters. The van der Waals surface area contributed by atoms with Gasteiger partial charge < -0.3 is 19.7 Å². The summed E-state index contributed by atoms with van der Waals surface area (Å²) in [7, 11) is 0. The van der Waals surface area contributed by atoms with Gasteiger partial charge in [-0.2, -0.15) is 0 Å². The van der Waals surface area contributed by atoms with E-state index in [1.807, 2.05) is 49.4 Å². The predicted octanol–water partition coefficient (Wildman–Crippen LogP) is 4.49. The molecule has 0 radical (unpaired) electrons. The van der Waals surface area contributed by atoms with Crippen LogP contribution in [-0.2, 0) is 16.1 Å². The molecule has 0 saturated carbocycles. The summed E-state index contributed by atoms with van der Waals surface area (Å²) in [4.78, 5) is 26.7. The van der Waals surface area contributed by atoms with Gasteiger partial charge in [-0.25, -0.2) is 4.79 Å². The van der Waals surface area contributed by atoms with Crippen LogP contribution >= 0.6 is 0 Å². The molecule has 1 heterocycles. The first-order valence-electron chi connectivity index (χ1n) is 10.6. The molecule has 0 spiro atoms. The Balaban J connectivity index is 1.54. The maximum Gasteiger partial charge on any atom is 0.407 e. The van der Waals surface area contributed by atoms with Crippen LogP contribution in [0.15, 0.2) is 48.5 Å². The van der Waals surface area contributed by atoms with E-state index in [1.165, 1.54) is 0 Å². The molecule has 0 aliphatic carbocycles. The zero-order valence-electron chi connectivity index (χ0n) is 17.9. The van der Waals surface area contributed by atoms with Crippen molar-refractivity contribution in [1.29, 1.82) is 0 Å². The lowest BCUT2D eigenvalue weighted by Gasteiger charge is -2.31. The summed E-state index contributed by atoms with van der Waals surface area (Å²) in [5, 5.41) is 2.72. The molecule has 1 aliphatic heterocycles. The summed E-state index contributed by atoms with van der Waals surface area (Å²) in [5.74, 6) is 0.0383. The third kappa shape index (κ3) is 5.12. The molecule has 2 aromatic carbocycles. The van der Waals surface area contributed by atoms with E-state index in [9.17, 15) is 9.59 Å². The summed E-state index contributed by atoms with van der Waals surface area (Å²) in [6.07, 6.45) is -0.0596. The summed E-state index contributed by atoms with van der Waals surface area (Å²) >= 11 is 0. The van der Waals surface area contributed by atoms with Crippen LogP contribution < -0.4 is 15.0 Å². The number of hydrogen-bond acceptors (Lipinski definition) is 5. The van der Waals surface area contributed by atoms with Gasteiger partial charge in [-0.15, -0.1) is 0 Å². The zero-order chi connectivity index (χ0) is 21.5. The normalized spacial score (nSPS) is 17.6. The molecule has 2 unspecified atom stereocenters. The van der Waals surface area contributed by atoms with Crippen molar-refractivity contribution in [3.63, 3.8) is 0 Å². The van der Waals surface area contributed by atoms with E-state index in [-0.39, 0.29) is 24.4 Å². The topological polar surface area (TPSA) is 67.9 Å². The van der Waals surface area contributed by atoms with Crippen molar-refractivity contribution in [2.75, 3.05) is 24.6 Å². The summed E-state index contributed by atoms with van der Waals surface area (Å²) < 4.78 is 10.9. The molecular formula is C24H30N2O4. The second-order valence-corrected chi connectivity index (χ2v) is 7.47. The fraction of sp³-hybridized carbons (Fsp3) is 0.417. The highest BCUT2D eigenvalue weighted by Gasteiger charge is 2.35. The largest absolute Gasteiger partial charge is 0.450 e. The first-order valence-corrected chi connectivity index (χ1v) is 10.6. The Morgan fingerprint density at radius 2 is 1.87 bits per heavy atom. The molecule has 160 valence electrons. The lowest BCUT2D eigenvalue weighted by Crippen LogP contribution is -2.32. The van der Waals surface area contributed by atoms with E-state index >= 15 is 0 Å². The molecule has 0 saturated heterocycles. The van der Waals surface area contributed by atoms with Crippen LogP contribution in [0, 0.1) is 5.92 Å². The number of nitrogens with one attached hydrogen (secondary N) is 1. The van der Waals surface area contributed by atoms with Crippen LogP contribution in [0.5, 0.6) is 5.75 Å². The number of carbonyl (C=O) groups excluding carboxylic acids is 2. The second-order valence-electron chi connectivity index (χ2n) is 7.47. The number of benzene rings is 2. The smallest absolute Gasteiger partial charge is 0.407 e. The molecule has 1 N–H and O–H groups in total. The molecule has 30 heavy (non-hydrogen) atoms. The number of fused-ring (bicyclic) bond motifs is 1. The van der Waals surface area contributed by atoms with E-state index < -0.39 is 6.09 Å². The van der Waals surface area contributed by atoms with Crippen LogP contribution in [-0.4, -0.2) is 31.8 Å². The summed E-state index contributed by atoms with van der Waals surface area (Å²) in [5.41, 5.74) is 3.07. The van der Waals surface area contributed by atoms with E-state index in [0.717, 1.165) is 29.9 Å². The van der Waals surface area contributed by atoms with Crippen LogP contribution in [0.4, 0.5) is 10.5 Å².